The summed E-state index contributed by atoms with van der Waals surface area (Å²) in [4.78, 5) is 23.9. The molecule has 0 aliphatic heterocycles. The van der Waals surface area contributed by atoms with Gasteiger partial charge in [0, 0.05) is 13.6 Å². The van der Waals surface area contributed by atoms with E-state index < -0.39 is 12.0 Å². The molecule has 19 heavy (non-hydrogen) atoms. The zero-order chi connectivity index (χ0) is 14.6. The topological polar surface area (TPSA) is 89.9 Å². The summed E-state index contributed by atoms with van der Waals surface area (Å²) in [6, 6.07) is 3.31. The summed E-state index contributed by atoms with van der Waals surface area (Å²) < 4.78 is 0. The van der Waals surface area contributed by atoms with Crippen LogP contribution in [0.4, 0.5) is 10.5 Å². The van der Waals surface area contributed by atoms with Crippen LogP contribution in [0, 0.1) is 0 Å². The lowest BCUT2D eigenvalue weighted by Gasteiger charge is -2.18. The van der Waals surface area contributed by atoms with Gasteiger partial charge in [-0.1, -0.05) is 12.2 Å². The molecule has 0 heterocycles. The average Bonchev–Trinajstić information content (AvgIpc) is 2.30. The van der Waals surface area contributed by atoms with E-state index in [-0.39, 0.29) is 17.0 Å². The van der Waals surface area contributed by atoms with Crippen molar-refractivity contribution in [2.45, 2.75) is 6.92 Å². The van der Waals surface area contributed by atoms with Crippen molar-refractivity contribution in [3.05, 3.63) is 35.9 Å². The highest BCUT2D eigenvalue weighted by molar-refractivity contribution is 5.93. The molecule has 2 amide bonds. The Morgan fingerprint density at radius 3 is 2.53 bits per heavy atom. The highest BCUT2D eigenvalue weighted by atomic mass is 16.4. The maximum atomic E-state index is 11.8. The molecule has 1 aromatic carbocycles. The lowest BCUT2D eigenvalue weighted by molar-refractivity contribution is 0.0696. The zero-order valence-electron chi connectivity index (χ0n) is 10.8. The number of carbonyl (C=O) groups excluding carboxylic acids is 1. The number of amides is 2. The number of aromatic carboxylic acids is 1. The normalized spacial score (nSPS) is 9.79. The van der Waals surface area contributed by atoms with Gasteiger partial charge in [-0.2, -0.15) is 0 Å². The van der Waals surface area contributed by atoms with E-state index in [1.54, 1.807) is 14.0 Å². The lowest BCUT2D eigenvalue weighted by atomic mass is 10.2. The number of benzene rings is 1. The predicted molar refractivity (Wildman–Crippen MR) is 71.5 cm³/mol. The summed E-state index contributed by atoms with van der Waals surface area (Å²) in [5.74, 6) is -1.44. The number of carbonyl (C=O) groups is 2. The summed E-state index contributed by atoms with van der Waals surface area (Å²) in [6.45, 7) is 5.88. The molecular weight excluding hydrogens is 248 g/mol. The predicted octanol–water partition coefficient (Wildman–Crippen LogP) is 2.13. The van der Waals surface area contributed by atoms with Gasteiger partial charge in [-0.3, -0.25) is 0 Å². The van der Waals surface area contributed by atoms with Crippen molar-refractivity contribution in [2.24, 2.45) is 0 Å². The number of anilines is 1. The third kappa shape index (κ3) is 4.02. The Morgan fingerprint density at radius 2 is 2.05 bits per heavy atom. The van der Waals surface area contributed by atoms with Crippen LogP contribution in [-0.2, 0) is 0 Å². The van der Waals surface area contributed by atoms with Crippen LogP contribution in [0.2, 0.25) is 0 Å². The number of rotatable bonds is 4. The van der Waals surface area contributed by atoms with E-state index in [1.807, 2.05) is 0 Å². The van der Waals surface area contributed by atoms with Gasteiger partial charge in [0.05, 0.1) is 11.3 Å². The number of carboxylic acid groups (broad SMARTS) is 1. The van der Waals surface area contributed by atoms with Gasteiger partial charge in [0.1, 0.15) is 5.75 Å². The van der Waals surface area contributed by atoms with Crippen molar-refractivity contribution in [3.8, 4) is 5.75 Å². The number of aromatic hydroxyl groups is 1. The molecule has 1 rings (SSSR count). The van der Waals surface area contributed by atoms with Crippen LogP contribution < -0.4 is 5.32 Å². The quantitative estimate of drug-likeness (QED) is 0.574. The number of carboxylic acids is 1. The fourth-order valence-corrected chi connectivity index (χ4v) is 1.46. The molecule has 0 fully saturated rings. The first-order valence-corrected chi connectivity index (χ1v) is 5.54. The van der Waals surface area contributed by atoms with Gasteiger partial charge in [0.2, 0.25) is 0 Å². The zero-order valence-corrected chi connectivity index (χ0v) is 10.8. The van der Waals surface area contributed by atoms with Crippen LogP contribution in [-0.4, -0.2) is 40.7 Å². The third-order valence-electron chi connectivity index (χ3n) is 2.34. The Balaban J connectivity index is 2.80. The van der Waals surface area contributed by atoms with Crippen molar-refractivity contribution >= 4 is 17.7 Å². The van der Waals surface area contributed by atoms with Gasteiger partial charge in [-0.05, 0) is 25.1 Å². The number of hydrogen-bond acceptors (Lipinski definition) is 3. The van der Waals surface area contributed by atoms with Crippen molar-refractivity contribution in [1.82, 2.24) is 4.90 Å². The molecular formula is C13H16N2O4. The first kappa shape index (κ1) is 14.6. The Kier molecular flexibility index (Phi) is 4.52. The van der Waals surface area contributed by atoms with Crippen LogP contribution in [0.5, 0.6) is 5.75 Å². The minimum atomic E-state index is -1.15. The molecule has 0 aromatic heterocycles. The Bertz CT molecular complexity index is 525. The maximum absolute atomic E-state index is 11.8. The van der Waals surface area contributed by atoms with Gasteiger partial charge < -0.3 is 20.4 Å². The van der Waals surface area contributed by atoms with Crippen molar-refractivity contribution in [1.29, 1.82) is 0 Å². The summed E-state index contributed by atoms with van der Waals surface area (Å²) in [6.07, 6.45) is 0. The average molecular weight is 264 g/mol. The van der Waals surface area contributed by atoms with Crippen LogP contribution in [0.3, 0.4) is 0 Å². The second-order valence-electron chi connectivity index (χ2n) is 4.28. The SMILES string of the molecule is C=C(C)CN(C)C(=O)Nc1ccc(C(=O)O)cc1O. The highest BCUT2D eigenvalue weighted by Crippen LogP contribution is 2.24. The molecule has 0 aliphatic rings. The number of nitrogens with one attached hydrogen (secondary N) is 1. The van der Waals surface area contributed by atoms with Crippen LogP contribution >= 0.6 is 0 Å². The van der Waals surface area contributed by atoms with Crippen LogP contribution in [0.15, 0.2) is 30.4 Å². The fraction of sp³-hybridized carbons (Fsp3) is 0.231. The Morgan fingerprint density at radius 1 is 1.42 bits per heavy atom. The van der Waals surface area contributed by atoms with E-state index >= 15 is 0 Å². The molecule has 3 N–H and O–H groups in total. The molecule has 0 saturated heterocycles. The van der Waals surface area contributed by atoms with E-state index in [9.17, 15) is 14.7 Å². The van der Waals surface area contributed by atoms with E-state index in [0.717, 1.165) is 11.6 Å². The third-order valence-corrected chi connectivity index (χ3v) is 2.34. The minimum Gasteiger partial charge on any atom is -0.506 e. The summed E-state index contributed by atoms with van der Waals surface area (Å²) in [7, 11) is 1.59. The first-order valence-electron chi connectivity index (χ1n) is 5.54. The first-order chi connectivity index (χ1) is 8.81. The monoisotopic (exact) mass is 264 g/mol. The number of phenolic OH excluding ortho intramolecular Hbond substituents is 1. The summed E-state index contributed by atoms with van der Waals surface area (Å²) >= 11 is 0. The van der Waals surface area contributed by atoms with E-state index in [2.05, 4.69) is 11.9 Å². The molecule has 0 spiro atoms. The van der Waals surface area contributed by atoms with Gasteiger partial charge >= 0.3 is 12.0 Å². The van der Waals surface area contributed by atoms with Gasteiger partial charge in [-0.25, -0.2) is 9.59 Å². The molecule has 0 radical (unpaired) electrons. The van der Waals surface area contributed by atoms with E-state index in [0.29, 0.717) is 6.54 Å². The minimum absolute atomic E-state index is 0.0502. The molecule has 0 saturated carbocycles. The lowest BCUT2D eigenvalue weighted by Crippen LogP contribution is -2.32. The number of hydrogen-bond donors (Lipinski definition) is 3. The van der Waals surface area contributed by atoms with Crippen molar-refractivity contribution in [2.75, 3.05) is 18.9 Å². The number of urea groups is 1. The number of phenols is 1. The molecule has 0 aliphatic carbocycles. The maximum Gasteiger partial charge on any atom is 0.335 e. The van der Waals surface area contributed by atoms with Gasteiger partial charge in [0.25, 0.3) is 0 Å². The van der Waals surface area contributed by atoms with Crippen LogP contribution in [0.1, 0.15) is 17.3 Å². The second-order valence-corrected chi connectivity index (χ2v) is 4.28. The molecule has 6 nitrogen and oxygen atoms in total. The second kappa shape index (κ2) is 5.90. The van der Waals surface area contributed by atoms with E-state index in [4.69, 9.17) is 5.11 Å². The van der Waals surface area contributed by atoms with E-state index in [1.165, 1.54) is 17.0 Å². The molecule has 0 atom stereocenters. The fourth-order valence-electron chi connectivity index (χ4n) is 1.46. The summed E-state index contributed by atoms with van der Waals surface area (Å²) in [5.41, 5.74) is 0.928. The Hall–Kier alpha value is -2.50. The van der Waals surface area contributed by atoms with Gasteiger partial charge in [0.15, 0.2) is 0 Å². The molecule has 0 bridgehead atoms. The van der Waals surface area contributed by atoms with Crippen LogP contribution in [0.25, 0.3) is 0 Å². The van der Waals surface area contributed by atoms with Crippen molar-refractivity contribution in [3.63, 3.8) is 0 Å². The number of likely N-dealkylation sites (N-methyl/N-ethyl adjacent to an activating group) is 1. The van der Waals surface area contributed by atoms with Crippen molar-refractivity contribution < 1.29 is 19.8 Å². The number of nitrogens with zero attached hydrogens (tertiary/aromatic N) is 1. The van der Waals surface area contributed by atoms with Gasteiger partial charge in [-0.15, -0.1) is 0 Å². The molecule has 0 unspecified atom stereocenters. The highest BCUT2D eigenvalue weighted by Gasteiger charge is 2.12. The largest absolute Gasteiger partial charge is 0.506 e. The smallest absolute Gasteiger partial charge is 0.335 e. The molecule has 102 valence electrons. The molecule has 1 aromatic rings. The standard InChI is InChI=1S/C13H16N2O4/c1-8(2)7-15(3)13(19)14-10-5-4-9(12(17)18)6-11(10)16/h4-6,16H,1,7H2,2-3H3,(H,14,19)(H,17,18). The Labute approximate surface area is 111 Å². The summed E-state index contributed by atoms with van der Waals surface area (Å²) in [5, 5.41) is 20.9. The molecule has 6 heteroatoms.